The number of thioether (sulfide) groups is 1. The molecule has 2 aliphatic heterocycles. The van der Waals surface area contributed by atoms with Gasteiger partial charge < -0.3 is 15.6 Å². The van der Waals surface area contributed by atoms with Crippen molar-refractivity contribution in [2.45, 2.75) is 18.3 Å². The van der Waals surface area contributed by atoms with E-state index in [-0.39, 0.29) is 17.2 Å². The summed E-state index contributed by atoms with van der Waals surface area (Å²) in [6.45, 7) is 1.89. The molecule has 0 spiro atoms. The van der Waals surface area contributed by atoms with Gasteiger partial charge in [0.2, 0.25) is 11.8 Å². The second-order valence-electron chi connectivity index (χ2n) is 4.77. The van der Waals surface area contributed by atoms with E-state index in [4.69, 9.17) is 15.6 Å². The van der Waals surface area contributed by atoms with Crippen molar-refractivity contribution in [1.82, 2.24) is 9.88 Å². The number of carbonyl (C=O) groups is 2. The van der Waals surface area contributed by atoms with Crippen LogP contribution >= 0.6 is 23.1 Å². The molecule has 22 heavy (non-hydrogen) atoms. The van der Waals surface area contributed by atoms with Crippen LogP contribution in [0.1, 0.15) is 10.6 Å². The average molecular weight is 339 g/mol. The zero-order valence-corrected chi connectivity index (χ0v) is 13.2. The largest absolute Gasteiger partial charge is 0.512 e. The van der Waals surface area contributed by atoms with Crippen LogP contribution in [0.5, 0.6) is 0 Å². The fourth-order valence-corrected chi connectivity index (χ4v) is 4.17. The Bertz CT molecular complexity index is 697. The molecule has 1 unspecified atom stereocenters. The number of amides is 1. The van der Waals surface area contributed by atoms with Gasteiger partial charge in [-0.25, -0.2) is 9.78 Å². The van der Waals surface area contributed by atoms with Crippen molar-refractivity contribution in [1.29, 1.82) is 0 Å². The summed E-state index contributed by atoms with van der Waals surface area (Å²) in [7, 11) is 0. The van der Waals surface area contributed by atoms with E-state index < -0.39 is 12.2 Å². The van der Waals surface area contributed by atoms with E-state index in [1.165, 1.54) is 28.0 Å². The van der Waals surface area contributed by atoms with Crippen molar-refractivity contribution in [2.24, 2.45) is 5.73 Å². The minimum atomic E-state index is -1.45. The van der Waals surface area contributed by atoms with Crippen molar-refractivity contribution in [3.05, 3.63) is 33.6 Å². The molecule has 3 rings (SSSR count). The third-order valence-electron chi connectivity index (χ3n) is 3.39. The number of ether oxygens (including phenoxy) is 1. The number of thiazole rings is 1. The third-order valence-corrected chi connectivity index (χ3v) is 5.61. The maximum Gasteiger partial charge on any atom is 0.512 e. The fourth-order valence-electron chi connectivity index (χ4n) is 2.24. The first-order valence-corrected chi connectivity index (χ1v) is 8.34. The number of fused-ring (bicyclic) bond motifs is 1. The first-order valence-electron chi connectivity index (χ1n) is 6.41. The minimum absolute atomic E-state index is 0.0568. The third kappa shape index (κ3) is 2.51. The number of allylic oxidation sites excluding steroid dienone is 1. The molecule has 0 aromatic carbocycles. The SMILES string of the molecule is Cc1ncsc1/C=C\C1=C(OC(=O)O)N2C(=O)C(N)[C@@H]2SC1. The molecular formula is C13H13N3O4S2. The molecule has 0 bridgehead atoms. The Morgan fingerprint density at radius 2 is 2.36 bits per heavy atom. The number of aryl methyl sites for hydroxylation is 1. The van der Waals surface area contributed by atoms with E-state index >= 15 is 0 Å². The Labute approximate surface area is 134 Å². The molecule has 1 saturated heterocycles. The van der Waals surface area contributed by atoms with Crippen molar-refractivity contribution in [3.63, 3.8) is 0 Å². The molecule has 7 nitrogen and oxygen atoms in total. The monoisotopic (exact) mass is 339 g/mol. The van der Waals surface area contributed by atoms with Gasteiger partial charge in [0.05, 0.1) is 11.2 Å². The second-order valence-corrected chi connectivity index (χ2v) is 6.76. The number of hydrogen-bond donors (Lipinski definition) is 2. The number of nitrogens with zero attached hydrogens (tertiary/aromatic N) is 2. The molecule has 116 valence electrons. The van der Waals surface area contributed by atoms with Crippen LogP contribution in [-0.4, -0.2) is 44.2 Å². The van der Waals surface area contributed by atoms with Crippen LogP contribution in [0.25, 0.3) is 6.08 Å². The number of aromatic nitrogens is 1. The minimum Gasteiger partial charge on any atom is -0.449 e. The van der Waals surface area contributed by atoms with Gasteiger partial charge >= 0.3 is 6.16 Å². The van der Waals surface area contributed by atoms with E-state index in [2.05, 4.69) is 4.98 Å². The van der Waals surface area contributed by atoms with E-state index in [0.29, 0.717) is 11.3 Å². The molecule has 0 radical (unpaired) electrons. The van der Waals surface area contributed by atoms with Crippen LogP contribution in [0.15, 0.2) is 23.0 Å². The standard InChI is InChI=1S/C13H13N3O4S2/c1-6-8(22-5-15-6)3-2-7-4-21-12-9(14)10(17)16(12)11(7)20-13(18)19/h2-3,5,9,12H,4,14H2,1H3,(H,18,19)/b3-2-/t9?,12-/m0/s1. The van der Waals surface area contributed by atoms with Crippen molar-refractivity contribution in [2.75, 3.05) is 5.75 Å². The number of carbonyl (C=O) groups excluding carboxylic acids is 1. The molecule has 0 saturated carbocycles. The van der Waals surface area contributed by atoms with Crippen LogP contribution in [0.3, 0.4) is 0 Å². The molecule has 1 aromatic heterocycles. The molecule has 2 atom stereocenters. The second kappa shape index (κ2) is 5.75. The maximum atomic E-state index is 11.9. The van der Waals surface area contributed by atoms with E-state index in [0.717, 1.165) is 10.6 Å². The highest BCUT2D eigenvalue weighted by molar-refractivity contribution is 8.00. The van der Waals surface area contributed by atoms with E-state index in [9.17, 15) is 9.59 Å². The molecular weight excluding hydrogens is 326 g/mol. The Morgan fingerprint density at radius 1 is 1.59 bits per heavy atom. The summed E-state index contributed by atoms with van der Waals surface area (Å²) < 4.78 is 4.83. The number of carboxylic acid groups (broad SMARTS) is 1. The van der Waals surface area contributed by atoms with Gasteiger partial charge in [0, 0.05) is 16.2 Å². The topological polar surface area (TPSA) is 106 Å². The molecule has 9 heteroatoms. The Hall–Kier alpha value is -1.84. The lowest BCUT2D eigenvalue weighted by Crippen LogP contribution is -2.68. The van der Waals surface area contributed by atoms with Crippen molar-refractivity contribution < 1.29 is 19.4 Å². The van der Waals surface area contributed by atoms with Gasteiger partial charge in [0.25, 0.3) is 0 Å². The highest BCUT2D eigenvalue weighted by Crippen LogP contribution is 2.40. The molecule has 0 aliphatic carbocycles. The molecule has 2 aliphatic rings. The van der Waals surface area contributed by atoms with Crippen LogP contribution in [0.4, 0.5) is 4.79 Å². The van der Waals surface area contributed by atoms with Crippen LogP contribution in [-0.2, 0) is 9.53 Å². The smallest absolute Gasteiger partial charge is 0.449 e. The van der Waals surface area contributed by atoms with Crippen LogP contribution in [0.2, 0.25) is 0 Å². The van der Waals surface area contributed by atoms with Crippen LogP contribution in [0, 0.1) is 6.92 Å². The highest BCUT2D eigenvalue weighted by Gasteiger charge is 2.51. The van der Waals surface area contributed by atoms with E-state index in [1.54, 1.807) is 11.6 Å². The summed E-state index contributed by atoms with van der Waals surface area (Å²) in [5.74, 6) is 0.258. The maximum absolute atomic E-state index is 11.9. The van der Waals surface area contributed by atoms with Gasteiger partial charge in [-0.05, 0) is 13.0 Å². The number of rotatable bonds is 3. The lowest BCUT2D eigenvalue weighted by Gasteiger charge is -2.47. The first-order chi connectivity index (χ1) is 10.5. The van der Waals surface area contributed by atoms with Gasteiger partial charge in [-0.15, -0.1) is 23.1 Å². The molecule has 1 aromatic rings. The summed E-state index contributed by atoms with van der Waals surface area (Å²) in [5, 5.41) is 8.64. The molecule has 1 fully saturated rings. The highest BCUT2D eigenvalue weighted by atomic mass is 32.2. The normalized spacial score (nSPS) is 24.5. The zero-order valence-electron chi connectivity index (χ0n) is 11.6. The van der Waals surface area contributed by atoms with Gasteiger partial charge in [-0.2, -0.15) is 0 Å². The molecule has 1 amide bonds. The molecule has 3 heterocycles. The van der Waals surface area contributed by atoms with Crippen LogP contribution < -0.4 is 5.73 Å². The first kappa shape index (κ1) is 15.1. The predicted octanol–water partition coefficient (Wildman–Crippen LogP) is 1.61. The number of β-lactam (4-membered cyclic amide) rings is 1. The summed E-state index contributed by atoms with van der Waals surface area (Å²) in [6, 6.07) is -0.605. The number of nitrogens with two attached hydrogens (primary N) is 1. The zero-order chi connectivity index (χ0) is 15.9. The fraction of sp³-hybridized carbons (Fsp3) is 0.308. The van der Waals surface area contributed by atoms with Crippen molar-refractivity contribution in [3.8, 4) is 0 Å². The van der Waals surface area contributed by atoms with Gasteiger partial charge in [-0.3, -0.25) is 9.69 Å². The lowest BCUT2D eigenvalue weighted by atomic mass is 10.1. The number of hydrogen-bond acceptors (Lipinski definition) is 7. The quantitative estimate of drug-likeness (QED) is 0.636. The summed E-state index contributed by atoms with van der Waals surface area (Å²) >= 11 is 2.98. The molecule has 3 N–H and O–H groups in total. The van der Waals surface area contributed by atoms with Gasteiger partial charge in [-0.1, -0.05) is 6.08 Å². The van der Waals surface area contributed by atoms with Gasteiger partial charge in [0.1, 0.15) is 11.4 Å². The Kier molecular flexibility index (Phi) is 3.94. The Balaban J connectivity index is 1.92. The Morgan fingerprint density at radius 3 is 3.00 bits per heavy atom. The summed E-state index contributed by atoms with van der Waals surface area (Å²) in [5.41, 5.74) is 8.99. The van der Waals surface area contributed by atoms with Gasteiger partial charge in [0.15, 0.2) is 0 Å². The summed E-state index contributed by atoms with van der Waals surface area (Å²) in [4.78, 5) is 29.2. The lowest BCUT2D eigenvalue weighted by molar-refractivity contribution is -0.144. The summed E-state index contributed by atoms with van der Waals surface area (Å²) in [6.07, 6.45) is 2.16. The average Bonchev–Trinajstić information content (AvgIpc) is 2.89. The van der Waals surface area contributed by atoms with E-state index in [1.807, 2.05) is 13.0 Å². The van der Waals surface area contributed by atoms with Crippen molar-refractivity contribution >= 4 is 41.2 Å². The predicted molar refractivity (Wildman–Crippen MR) is 83.1 cm³/mol.